The van der Waals surface area contributed by atoms with Crippen LogP contribution in [0.3, 0.4) is 0 Å². The molecule has 172 valence electrons. The van der Waals surface area contributed by atoms with Crippen LogP contribution in [0.5, 0.6) is 0 Å². The Labute approximate surface area is 171 Å². The number of aromatic amines is 1. The molecule has 5 N–H and O–H groups in total. The number of rotatable bonds is 9. The van der Waals surface area contributed by atoms with E-state index in [1.54, 1.807) is 0 Å². The highest BCUT2D eigenvalue weighted by atomic mass is 31.3. The molecule has 0 bridgehead atoms. The molecule has 17 nitrogen and oxygen atoms in total. The van der Waals surface area contributed by atoms with E-state index in [9.17, 15) is 28.4 Å². The average Bonchev–Trinajstić information content (AvgIpc) is 2.98. The number of nitrogens with zero attached hydrogens (tertiary/aromatic N) is 4. The Bertz CT molecular complexity index is 1100. The highest BCUT2D eigenvalue weighted by molar-refractivity contribution is 7.64. The Morgan fingerprint density at radius 1 is 1.45 bits per heavy atom. The van der Waals surface area contributed by atoms with Gasteiger partial charge in [0.1, 0.15) is 6.23 Å². The lowest BCUT2D eigenvalue weighted by Gasteiger charge is -2.22. The average molecular weight is 485 g/mol. The van der Waals surface area contributed by atoms with Crippen molar-refractivity contribution in [1.29, 1.82) is 0 Å². The number of phosphoric acid groups is 1. The molecule has 5 unspecified atom stereocenters. The Hall–Kier alpha value is -2.32. The summed E-state index contributed by atoms with van der Waals surface area (Å²) in [6.07, 6.45) is -1.20. The fourth-order valence-corrected chi connectivity index (χ4v) is 4.83. The first-order valence-corrected chi connectivity index (χ1v) is 11.4. The van der Waals surface area contributed by atoms with Gasteiger partial charge in [-0.2, -0.15) is 0 Å². The summed E-state index contributed by atoms with van der Waals surface area (Å²) in [4.78, 5) is 66.4. The van der Waals surface area contributed by atoms with Gasteiger partial charge in [0.05, 0.1) is 18.8 Å². The molecule has 1 saturated heterocycles. The normalized spacial score (nSPS) is 24.2. The number of hydrogen-bond acceptors (Lipinski definition) is 9. The fourth-order valence-electron chi connectivity index (χ4n) is 2.71. The zero-order chi connectivity index (χ0) is 23.6. The van der Waals surface area contributed by atoms with Gasteiger partial charge in [-0.3, -0.25) is 18.9 Å². The monoisotopic (exact) mass is 485 g/mol. The predicted molar refractivity (Wildman–Crippen MR) is 97.9 cm³/mol. The largest absolute Gasteiger partial charge is 0.479 e. The number of azide groups is 1. The first-order valence-electron chi connectivity index (χ1n) is 8.20. The standard InChI is InChI=1S/C12H17N5O12P2/c1-5-3-17(12(21)14-9(5)18)8-2-6(15-16-13)7(28-8)4-27-11(10(19)20)30(22,23)29-31(24,25)26/h3,6-8,11H,2,4H2,1H3,(H,19,20)(H,22,23)(H,14,18,21)(H2,24,25,26). The molecule has 31 heavy (non-hydrogen) atoms. The van der Waals surface area contributed by atoms with Crippen molar-refractivity contribution in [3.63, 3.8) is 0 Å². The quantitative estimate of drug-likeness (QED) is 0.129. The molecule has 0 spiro atoms. The highest BCUT2D eigenvalue weighted by Gasteiger charge is 2.46. The van der Waals surface area contributed by atoms with Crippen molar-refractivity contribution in [2.45, 2.75) is 37.6 Å². The molecule has 0 aliphatic carbocycles. The summed E-state index contributed by atoms with van der Waals surface area (Å²) in [5.41, 5.74) is 7.43. The molecular formula is C12H17N5O12P2. The number of carboxylic acid groups (broad SMARTS) is 1. The maximum atomic E-state index is 12.0. The molecule has 1 aromatic rings. The smallest absolute Gasteiger partial charge is 0.476 e. The molecule has 0 radical (unpaired) electrons. The van der Waals surface area contributed by atoms with Gasteiger partial charge in [0.2, 0.25) is 0 Å². The molecule has 0 saturated carbocycles. The zero-order valence-corrected chi connectivity index (χ0v) is 17.3. The maximum Gasteiger partial charge on any atom is 0.476 e. The van der Waals surface area contributed by atoms with Crippen LogP contribution < -0.4 is 11.2 Å². The van der Waals surface area contributed by atoms with E-state index < -0.39 is 63.5 Å². The number of ether oxygens (including phenoxy) is 2. The van der Waals surface area contributed by atoms with Gasteiger partial charge in [0.25, 0.3) is 11.4 Å². The first-order chi connectivity index (χ1) is 14.2. The molecule has 1 aliphatic rings. The SMILES string of the molecule is Cc1cn(C2CC(N=[N+]=[N-])C(COC(C(=O)O)P(=O)(O)OP(=O)(O)O)O2)c(=O)[nH]c1=O. The Kier molecular flexibility index (Phi) is 7.60. The predicted octanol–water partition coefficient (Wildman–Crippen LogP) is -0.467. The van der Waals surface area contributed by atoms with Crippen molar-refractivity contribution in [3.05, 3.63) is 43.0 Å². The minimum atomic E-state index is -5.54. The Morgan fingerprint density at radius 3 is 2.65 bits per heavy atom. The van der Waals surface area contributed by atoms with E-state index in [0.29, 0.717) is 0 Å². The van der Waals surface area contributed by atoms with Gasteiger partial charge < -0.3 is 29.3 Å². The molecule has 5 atom stereocenters. The van der Waals surface area contributed by atoms with E-state index in [0.717, 1.165) is 4.57 Å². The minimum absolute atomic E-state index is 0.100. The lowest BCUT2D eigenvalue weighted by molar-refractivity contribution is -0.148. The summed E-state index contributed by atoms with van der Waals surface area (Å²) in [6.45, 7) is 0.635. The fraction of sp³-hybridized carbons (Fsp3) is 0.583. The molecule has 0 aromatic carbocycles. The van der Waals surface area contributed by atoms with Crippen LogP contribution in [0.1, 0.15) is 18.2 Å². The number of aliphatic carboxylic acids is 1. The van der Waals surface area contributed by atoms with Gasteiger partial charge in [-0.05, 0) is 12.5 Å². The Morgan fingerprint density at radius 2 is 2.10 bits per heavy atom. The summed E-state index contributed by atoms with van der Waals surface area (Å²) in [5.74, 6) is -4.77. The summed E-state index contributed by atoms with van der Waals surface area (Å²) in [6, 6.07) is -1.02. The molecule has 1 aliphatic heterocycles. The first kappa shape index (κ1) is 24.9. The third kappa shape index (κ3) is 6.33. The van der Waals surface area contributed by atoms with Crippen molar-refractivity contribution in [2.24, 2.45) is 5.11 Å². The van der Waals surface area contributed by atoms with Gasteiger partial charge in [-0.25, -0.2) is 18.5 Å². The summed E-state index contributed by atoms with van der Waals surface area (Å²) >= 11 is 0. The van der Waals surface area contributed by atoms with E-state index in [1.165, 1.54) is 13.1 Å². The van der Waals surface area contributed by atoms with Gasteiger partial charge >= 0.3 is 27.1 Å². The van der Waals surface area contributed by atoms with Gasteiger partial charge in [-0.1, -0.05) is 5.11 Å². The van der Waals surface area contributed by atoms with Gasteiger partial charge in [0.15, 0.2) is 0 Å². The van der Waals surface area contributed by atoms with Crippen molar-refractivity contribution in [3.8, 4) is 0 Å². The third-order valence-electron chi connectivity index (χ3n) is 4.01. The molecule has 2 heterocycles. The van der Waals surface area contributed by atoms with Crippen LogP contribution >= 0.6 is 15.4 Å². The third-order valence-corrected chi connectivity index (χ3v) is 6.76. The second-order valence-electron chi connectivity index (χ2n) is 6.28. The molecule has 2 rings (SSSR count). The summed E-state index contributed by atoms with van der Waals surface area (Å²) < 4.78 is 37.7. The zero-order valence-electron chi connectivity index (χ0n) is 15.5. The maximum absolute atomic E-state index is 12.0. The van der Waals surface area contributed by atoms with E-state index in [2.05, 4.69) is 19.3 Å². The van der Waals surface area contributed by atoms with Gasteiger partial charge in [0, 0.05) is 23.1 Å². The number of H-pyrrole nitrogens is 1. The molecule has 0 amide bonds. The second-order valence-corrected chi connectivity index (χ2v) is 9.51. The number of aryl methyl sites for hydroxylation is 1. The molecule has 1 fully saturated rings. The summed E-state index contributed by atoms with van der Waals surface area (Å²) in [7, 11) is -11.0. The lowest BCUT2D eigenvalue weighted by atomic mass is 10.1. The van der Waals surface area contributed by atoms with Crippen LogP contribution in [-0.2, 0) is 27.7 Å². The van der Waals surface area contributed by atoms with E-state index in [4.69, 9.17) is 29.9 Å². The number of nitrogens with one attached hydrogen (secondary N) is 1. The van der Waals surface area contributed by atoms with Crippen LogP contribution in [0.25, 0.3) is 10.4 Å². The number of aromatic nitrogens is 2. The van der Waals surface area contributed by atoms with Crippen molar-refractivity contribution >= 4 is 21.4 Å². The minimum Gasteiger partial charge on any atom is -0.479 e. The van der Waals surface area contributed by atoms with E-state index in [1.807, 2.05) is 0 Å². The van der Waals surface area contributed by atoms with Crippen LogP contribution in [0.15, 0.2) is 20.9 Å². The highest BCUT2D eigenvalue weighted by Crippen LogP contribution is 2.60. The van der Waals surface area contributed by atoms with Crippen molar-refractivity contribution < 1.29 is 47.5 Å². The molecule has 1 aromatic heterocycles. The number of carbonyl (C=O) groups is 1. The topological polar surface area (TPSA) is 263 Å². The number of hydrogen-bond donors (Lipinski definition) is 5. The van der Waals surface area contributed by atoms with Crippen LogP contribution in [0.4, 0.5) is 0 Å². The van der Waals surface area contributed by atoms with Crippen molar-refractivity contribution in [2.75, 3.05) is 6.61 Å². The van der Waals surface area contributed by atoms with Gasteiger partial charge in [-0.15, -0.1) is 0 Å². The van der Waals surface area contributed by atoms with E-state index >= 15 is 0 Å². The van der Waals surface area contributed by atoms with E-state index in [-0.39, 0.29) is 12.0 Å². The lowest BCUT2D eigenvalue weighted by Crippen LogP contribution is -2.34. The molecular weight excluding hydrogens is 468 g/mol. The van der Waals surface area contributed by atoms with Crippen LogP contribution in [0.2, 0.25) is 0 Å². The number of carboxylic acids is 1. The Balaban J connectivity index is 2.23. The van der Waals surface area contributed by atoms with Crippen LogP contribution in [-0.4, -0.2) is 59.9 Å². The van der Waals surface area contributed by atoms with Crippen LogP contribution in [0, 0.1) is 6.92 Å². The molecule has 19 heteroatoms. The summed E-state index contributed by atoms with van der Waals surface area (Å²) in [5, 5.41) is 12.5. The van der Waals surface area contributed by atoms with Crippen molar-refractivity contribution in [1.82, 2.24) is 9.55 Å². The second kappa shape index (κ2) is 9.44.